The van der Waals surface area contributed by atoms with Crippen molar-refractivity contribution in [1.82, 2.24) is 15.0 Å². The van der Waals surface area contributed by atoms with Crippen molar-refractivity contribution < 1.29 is 0 Å². The lowest BCUT2D eigenvalue weighted by Crippen LogP contribution is -2.16. The first kappa shape index (κ1) is 32.7. The van der Waals surface area contributed by atoms with Gasteiger partial charge in [0.1, 0.15) is 0 Å². The van der Waals surface area contributed by atoms with E-state index in [2.05, 4.69) is 190 Å². The van der Waals surface area contributed by atoms with Crippen LogP contribution in [0.2, 0.25) is 0 Å². The highest BCUT2D eigenvalue weighted by atomic mass is 15.0. The Morgan fingerprint density at radius 3 is 1.51 bits per heavy atom. The lowest BCUT2D eigenvalue weighted by atomic mass is 9.77. The highest BCUT2D eigenvalue weighted by Crippen LogP contribution is 2.53. The summed E-state index contributed by atoms with van der Waals surface area (Å²) in [5, 5.41) is 2.34. The second kappa shape index (κ2) is 13.2. The molecule has 10 rings (SSSR count). The van der Waals surface area contributed by atoms with Crippen LogP contribution < -0.4 is 0 Å². The molecule has 0 N–H and O–H groups in total. The van der Waals surface area contributed by atoms with Crippen molar-refractivity contribution >= 4 is 10.8 Å². The molecule has 0 spiro atoms. The van der Waals surface area contributed by atoms with Gasteiger partial charge >= 0.3 is 0 Å². The Hall–Kier alpha value is -6.97. The maximum absolute atomic E-state index is 5.35. The van der Waals surface area contributed by atoms with E-state index in [4.69, 9.17) is 15.0 Å². The molecule has 8 aromatic carbocycles. The standard InChI is InChI=1S/C52H37N3/c1-52(2)46-29-12-11-26-42(46)43-27-15-28-44(48(43)52)47-41-25-10-9-20-36(41)30-31-45(47)51-54-49(39-23-13-21-37(32-39)34-16-5-3-6-17-34)53-50(55-51)40-24-14-22-38(33-40)35-18-7-4-8-19-35/h3-33H,1-2H3. The van der Waals surface area contributed by atoms with Crippen LogP contribution in [0.25, 0.3) is 89.4 Å². The molecule has 1 heterocycles. The number of rotatable bonds is 6. The lowest BCUT2D eigenvalue weighted by molar-refractivity contribution is 0.662. The highest BCUT2D eigenvalue weighted by Gasteiger charge is 2.38. The van der Waals surface area contributed by atoms with Crippen molar-refractivity contribution in [2.45, 2.75) is 19.3 Å². The predicted molar refractivity (Wildman–Crippen MR) is 228 cm³/mol. The maximum Gasteiger partial charge on any atom is 0.164 e. The Morgan fingerprint density at radius 1 is 0.345 bits per heavy atom. The van der Waals surface area contributed by atoms with Gasteiger partial charge in [0, 0.05) is 27.7 Å². The fourth-order valence-corrected chi connectivity index (χ4v) is 8.50. The molecular formula is C52H37N3. The van der Waals surface area contributed by atoms with E-state index in [9.17, 15) is 0 Å². The molecule has 0 bridgehead atoms. The number of hydrogen-bond acceptors (Lipinski definition) is 3. The molecule has 9 aromatic rings. The first-order valence-electron chi connectivity index (χ1n) is 18.9. The molecule has 0 aliphatic heterocycles. The fraction of sp³-hybridized carbons (Fsp3) is 0.0577. The number of nitrogens with zero attached hydrogens (tertiary/aromatic N) is 3. The maximum atomic E-state index is 5.35. The van der Waals surface area contributed by atoms with Gasteiger partial charge in [-0.25, -0.2) is 15.0 Å². The van der Waals surface area contributed by atoms with Crippen LogP contribution in [0.5, 0.6) is 0 Å². The SMILES string of the molecule is CC1(C)c2ccccc2-c2cccc(-c3c(-c4nc(-c5cccc(-c6ccccc6)c5)nc(-c5cccc(-c6ccccc6)c5)n4)ccc4ccccc34)c21. The summed E-state index contributed by atoms with van der Waals surface area (Å²) in [4.78, 5) is 15.9. The topological polar surface area (TPSA) is 38.7 Å². The molecular weight excluding hydrogens is 667 g/mol. The molecule has 3 nitrogen and oxygen atoms in total. The van der Waals surface area contributed by atoms with Crippen LogP contribution in [-0.4, -0.2) is 15.0 Å². The zero-order valence-corrected chi connectivity index (χ0v) is 30.7. The van der Waals surface area contributed by atoms with Gasteiger partial charge in [0.2, 0.25) is 0 Å². The lowest BCUT2D eigenvalue weighted by Gasteiger charge is -2.26. The van der Waals surface area contributed by atoms with E-state index in [0.717, 1.165) is 44.5 Å². The van der Waals surface area contributed by atoms with Crippen LogP contribution in [-0.2, 0) is 5.41 Å². The van der Waals surface area contributed by atoms with Gasteiger partial charge in [0.15, 0.2) is 17.5 Å². The van der Waals surface area contributed by atoms with E-state index in [0.29, 0.717) is 17.5 Å². The first-order chi connectivity index (χ1) is 27.0. The zero-order valence-electron chi connectivity index (χ0n) is 30.7. The summed E-state index contributed by atoms with van der Waals surface area (Å²) in [7, 11) is 0. The Kier molecular flexibility index (Phi) is 7.81. The van der Waals surface area contributed by atoms with Crippen molar-refractivity contribution in [3.05, 3.63) is 199 Å². The van der Waals surface area contributed by atoms with E-state index < -0.39 is 0 Å². The van der Waals surface area contributed by atoms with Gasteiger partial charge in [-0.15, -0.1) is 0 Å². The third-order valence-corrected chi connectivity index (χ3v) is 11.1. The number of hydrogen-bond donors (Lipinski definition) is 0. The summed E-state index contributed by atoms with van der Waals surface area (Å²) in [5.74, 6) is 1.91. The Balaban J connectivity index is 1.24. The fourth-order valence-electron chi connectivity index (χ4n) is 8.50. The second-order valence-electron chi connectivity index (χ2n) is 14.8. The molecule has 55 heavy (non-hydrogen) atoms. The van der Waals surface area contributed by atoms with E-state index in [1.165, 1.54) is 38.6 Å². The molecule has 0 saturated heterocycles. The van der Waals surface area contributed by atoms with Crippen LogP contribution in [0.3, 0.4) is 0 Å². The van der Waals surface area contributed by atoms with Crippen LogP contribution in [0, 0.1) is 0 Å². The summed E-state index contributed by atoms with van der Waals surface area (Å²) < 4.78 is 0. The minimum atomic E-state index is -0.206. The molecule has 260 valence electrons. The van der Waals surface area contributed by atoms with Crippen molar-refractivity contribution in [3.63, 3.8) is 0 Å². The van der Waals surface area contributed by atoms with Gasteiger partial charge in [0.05, 0.1) is 0 Å². The van der Waals surface area contributed by atoms with Crippen molar-refractivity contribution in [2.75, 3.05) is 0 Å². The van der Waals surface area contributed by atoms with Crippen molar-refractivity contribution in [2.24, 2.45) is 0 Å². The predicted octanol–water partition coefficient (Wildman–Crippen LogP) is 13.3. The van der Waals surface area contributed by atoms with Gasteiger partial charge < -0.3 is 0 Å². The van der Waals surface area contributed by atoms with E-state index >= 15 is 0 Å². The first-order valence-corrected chi connectivity index (χ1v) is 18.9. The summed E-state index contributed by atoms with van der Waals surface area (Å²) >= 11 is 0. The summed E-state index contributed by atoms with van der Waals surface area (Å²) in [6.45, 7) is 4.70. The van der Waals surface area contributed by atoms with E-state index in [1.54, 1.807) is 0 Å². The van der Waals surface area contributed by atoms with Crippen molar-refractivity contribution in [3.8, 4) is 78.7 Å². The summed E-state index contributed by atoms with van der Waals surface area (Å²) in [5.41, 5.74) is 14.7. The molecule has 3 heteroatoms. The average Bonchev–Trinajstić information content (AvgIpc) is 3.50. The number of aromatic nitrogens is 3. The van der Waals surface area contributed by atoms with Gasteiger partial charge in [-0.05, 0) is 79.0 Å². The second-order valence-corrected chi connectivity index (χ2v) is 14.8. The molecule has 1 aliphatic rings. The van der Waals surface area contributed by atoms with Crippen LogP contribution in [0.1, 0.15) is 25.0 Å². The average molecular weight is 704 g/mol. The molecule has 0 atom stereocenters. The Morgan fingerprint density at radius 2 is 0.836 bits per heavy atom. The Bertz CT molecular complexity index is 2790. The minimum Gasteiger partial charge on any atom is -0.208 e. The molecule has 1 aromatic heterocycles. The largest absolute Gasteiger partial charge is 0.208 e. The minimum absolute atomic E-state index is 0.206. The molecule has 0 fully saturated rings. The Labute approximate surface area is 321 Å². The monoisotopic (exact) mass is 703 g/mol. The quantitative estimate of drug-likeness (QED) is 0.173. The van der Waals surface area contributed by atoms with Crippen LogP contribution in [0.15, 0.2) is 188 Å². The molecule has 0 unspecified atom stereocenters. The number of fused-ring (bicyclic) bond motifs is 4. The van der Waals surface area contributed by atoms with Crippen LogP contribution >= 0.6 is 0 Å². The summed E-state index contributed by atoms with van der Waals surface area (Å²) in [6.07, 6.45) is 0. The number of benzene rings is 8. The van der Waals surface area contributed by atoms with E-state index in [-0.39, 0.29) is 5.41 Å². The van der Waals surface area contributed by atoms with Gasteiger partial charge in [-0.1, -0.05) is 184 Å². The highest BCUT2D eigenvalue weighted by molar-refractivity contribution is 6.06. The van der Waals surface area contributed by atoms with Gasteiger partial charge in [-0.3, -0.25) is 0 Å². The summed E-state index contributed by atoms with van der Waals surface area (Å²) in [6, 6.07) is 66.6. The molecule has 1 aliphatic carbocycles. The van der Waals surface area contributed by atoms with Gasteiger partial charge in [0.25, 0.3) is 0 Å². The smallest absolute Gasteiger partial charge is 0.164 e. The molecule has 0 radical (unpaired) electrons. The molecule has 0 amide bonds. The molecule has 0 saturated carbocycles. The third-order valence-electron chi connectivity index (χ3n) is 11.1. The van der Waals surface area contributed by atoms with E-state index in [1.807, 2.05) is 12.1 Å². The van der Waals surface area contributed by atoms with Crippen molar-refractivity contribution in [1.29, 1.82) is 0 Å². The van der Waals surface area contributed by atoms with Crippen LogP contribution in [0.4, 0.5) is 0 Å². The third kappa shape index (κ3) is 5.64. The normalized spacial score (nSPS) is 12.7. The van der Waals surface area contributed by atoms with Gasteiger partial charge in [-0.2, -0.15) is 0 Å². The zero-order chi connectivity index (χ0) is 36.9.